The summed E-state index contributed by atoms with van der Waals surface area (Å²) >= 11 is 0. The minimum Gasteiger partial charge on any atom is -0.315 e. The van der Waals surface area contributed by atoms with Crippen LogP contribution >= 0.6 is 0 Å². The van der Waals surface area contributed by atoms with E-state index in [-0.39, 0.29) is 11.3 Å². The van der Waals surface area contributed by atoms with Gasteiger partial charge in [-0.05, 0) is 39.2 Å². The van der Waals surface area contributed by atoms with Gasteiger partial charge < -0.3 is 5.32 Å². The van der Waals surface area contributed by atoms with E-state index in [2.05, 4.69) is 21.9 Å². The molecule has 2 fully saturated rings. The first-order valence-corrected chi connectivity index (χ1v) is 9.03. The molecule has 0 amide bonds. The van der Waals surface area contributed by atoms with Crippen molar-refractivity contribution in [1.82, 2.24) is 14.9 Å². The molecule has 0 radical (unpaired) electrons. The van der Waals surface area contributed by atoms with Gasteiger partial charge in [0, 0.05) is 31.7 Å². The van der Waals surface area contributed by atoms with Crippen LogP contribution in [0.25, 0.3) is 0 Å². The van der Waals surface area contributed by atoms with E-state index in [1.807, 2.05) is 0 Å². The van der Waals surface area contributed by atoms with Gasteiger partial charge in [-0.3, -0.25) is 4.90 Å². The molecule has 6 heteroatoms. The lowest BCUT2D eigenvalue weighted by molar-refractivity contribution is 0.322. The standard InChI is InChI=1S/C13H27N3O2S/c1-3-7-14-9-11(2)19(17,18)15-12-6-8-16(10-12)13-4-5-13/h11-15H,3-10H2,1-2H3. The number of likely N-dealkylation sites (tertiary alicyclic amines) is 1. The highest BCUT2D eigenvalue weighted by atomic mass is 32.2. The number of hydrogen-bond donors (Lipinski definition) is 2. The van der Waals surface area contributed by atoms with Gasteiger partial charge in [0.25, 0.3) is 0 Å². The molecule has 1 saturated heterocycles. The maximum absolute atomic E-state index is 12.2. The first-order valence-electron chi connectivity index (χ1n) is 7.49. The van der Waals surface area contributed by atoms with Crippen molar-refractivity contribution >= 4 is 10.0 Å². The largest absolute Gasteiger partial charge is 0.315 e. The van der Waals surface area contributed by atoms with E-state index in [9.17, 15) is 8.42 Å². The van der Waals surface area contributed by atoms with Crippen molar-refractivity contribution in [3.05, 3.63) is 0 Å². The molecule has 5 nitrogen and oxygen atoms in total. The van der Waals surface area contributed by atoms with Crippen molar-refractivity contribution in [2.24, 2.45) is 0 Å². The summed E-state index contributed by atoms with van der Waals surface area (Å²) in [7, 11) is -3.19. The number of hydrogen-bond acceptors (Lipinski definition) is 4. The fraction of sp³-hybridized carbons (Fsp3) is 1.00. The van der Waals surface area contributed by atoms with E-state index >= 15 is 0 Å². The molecular formula is C13H27N3O2S. The number of sulfonamides is 1. The summed E-state index contributed by atoms with van der Waals surface area (Å²) in [6, 6.07) is 0.845. The molecule has 2 aliphatic rings. The monoisotopic (exact) mass is 289 g/mol. The van der Waals surface area contributed by atoms with Gasteiger partial charge in [-0.2, -0.15) is 0 Å². The number of nitrogens with zero attached hydrogens (tertiary/aromatic N) is 1. The Morgan fingerprint density at radius 3 is 2.68 bits per heavy atom. The summed E-state index contributed by atoms with van der Waals surface area (Å²) in [5.74, 6) is 0. The summed E-state index contributed by atoms with van der Waals surface area (Å²) in [6.07, 6.45) is 4.55. The molecule has 1 saturated carbocycles. The average molecular weight is 289 g/mol. The van der Waals surface area contributed by atoms with Crippen LogP contribution in [0.15, 0.2) is 0 Å². The number of rotatable bonds is 8. The predicted molar refractivity (Wildman–Crippen MR) is 77.7 cm³/mol. The average Bonchev–Trinajstić information content (AvgIpc) is 3.11. The van der Waals surface area contributed by atoms with Gasteiger partial charge in [-0.15, -0.1) is 0 Å². The summed E-state index contributed by atoms with van der Waals surface area (Å²) in [5, 5.41) is 2.81. The fourth-order valence-electron chi connectivity index (χ4n) is 2.60. The summed E-state index contributed by atoms with van der Waals surface area (Å²) < 4.78 is 27.3. The Kier molecular flexibility index (Phi) is 5.22. The third-order valence-electron chi connectivity index (χ3n) is 4.00. The molecule has 0 bridgehead atoms. The molecule has 1 aliphatic carbocycles. The van der Waals surface area contributed by atoms with E-state index in [1.165, 1.54) is 12.8 Å². The van der Waals surface area contributed by atoms with Gasteiger partial charge in [-0.25, -0.2) is 13.1 Å². The Morgan fingerprint density at radius 1 is 1.32 bits per heavy atom. The minimum absolute atomic E-state index is 0.110. The van der Waals surface area contributed by atoms with E-state index in [0.717, 1.165) is 38.5 Å². The van der Waals surface area contributed by atoms with Crippen LogP contribution in [0.1, 0.15) is 39.5 Å². The third-order valence-corrected chi connectivity index (χ3v) is 5.89. The van der Waals surface area contributed by atoms with Crippen LogP contribution in [0.5, 0.6) is 0 Å². The lowest BCUT2D eigenvalue weighted by atomic mass is 10.3. The molecule has 0 aromatic carbocycles. The Bertz CT molecular complexity index is 381. The van der Waals surface area contributed by atoms with Gasteiger partial charge in [0.1, 0.15) is 0 Å². The molecule has 112 valence electrons. The zero-order valence-corrected chi connectivity index (χ0v) is 12.9. The third kappa shape index (κ3) is 4.41. The maximum Gasteiger partial charge on any atom is 0.215 e. The van der Waals surface area contributed by atoms with Gasteiger partial charge >= 0.3 is 0 Å². The Labute approximate surface area is 117 Å². The van der Waals surface area contributed by atoms with Crippen LogP contribution in [0.2, 0.25) is 0 Å². The second-order valence-electron chi connectivity index (χ2n) is 5.89. The van der Waals surface area contributed by atoms with Gasteiger partial charge in [0.2, 0.25) is 10.0 Å². The highest BCUT2D eigenvalue weighted by Gasteiger charge is 2.36. The van der Waals surface area contributed by atoms with Crippen molar-refractivity contribution in [1.29, 1.82) is 0 Å². The molecule has 2 rings (SSSR count). The fourth-order valence-corrected chi connectivity index (χ4v) is 3.82. The molecular weight excluding hydrogens is 262 g/mol. The van der Waals surface area contributed by atoms with Crippen molar-refractivity contribution in [2.75, 3.05) is 26.2 Å². The lowest BCUT2D eigenvalue weighted by Crippen LogP contribution is -2.44. The van der Waals surface area contributed by atoms with Crippen molar-refractivity contribution in [3.63, 3.8) is 0 Å². The van der Waals surface area contributed by atoms with E-state index in [4.69, 9.17) is 0 Å². The van der Waals surface area contributed by atoms with Crippen molar-refractivity contribution in [3.8, 4) is 0 Å². The topological polar surface area (TPSA) is 61.4 Å². The summed E-state index contributed by atoms with van der Waals surface area (Å²) in [5.41, 5.74) is 0. The summed E-state index contributed by atoms with van der Waals surface area (Å²) in [4.78, 5) is 2.42. The Morgan fingerprint density at radius 2 is 2.05 bits per heavy atom. The second-order valence-corrected chi connectivity index (χ2v) is 8.02. The Balaban J connectivity index is 1.76. The van der Waals surface area contributed by atoms with Crippen LogP contribution in [-0.4, -0.2) is 56.8 Å². The zero-order valence-electron chi connectivity index (χ0n) is 12.1. The molecule has 19 heavy (non-hydrogen) atoms. The minimum atomic E-state index is -3.19. The summed E-state index contributed by atoms with van der Waals surface area (Å²) in [6.45, 7) is 7.19. The molecule has 2 N–H and O–H groups in total. The molecule has 0 spiro atoms. The van der Waals surface area contributed by atoms with Gasteiger partial charge in [-0.1, -0.05) is 6.92 Å². The highest BCUT2D eigenvalue weighted by molar-refractivity contribution is 7.90. The van der Waals surface area contributed by atoms with Gasteiger partial charge in [0.15, 0.2) is 0 Å². The molecule has 1 heterocycles. The van der Waals surface area contributed by atoms with Crippen LogP contribution in [0.4, 0.5) is 0 Å². The smallest absolute Gasteiger partial charge is 0.215 e. The molecule has 1 aliphatic heterocycles. The van der Waals surface area contributed by atoms with E-state index in [0.29, 0.717) is 6.54 Å². The zero-order chi connectivity index (χ0) is 13.9. The van der Waals surface area contributed by atoms with E-state index < -0.39 is 10.0 Å². The van der Waals surface area contributed by atoms with E-state index in [1.54, 1.807) is 6.92 Å². The normalized spacial score (nSPS) is 26.7. The molecule has 0 aromatic rings. The first-order chi connectivity index (χ1) is 9.03. The predicted octanol–water partition coefficient (Wildman–Crippen LogP) is 0.531. The Hall–Kier alpha value is -0.170. The first kappa shape index (κ1) is 15.2. The SMILES string of the molecule is CCCNCC(C)S(=O)(=O)NC1CCN(C2CC2)C1. The van der Waals surface area contributed by atoms with Crippen molar-refractivity contribution < 1.29 is 8.42 Å². The second kappa shape index (κ2) is 6.52. The van der Waals surface area contributed by atoms with Crippen LogP contribution < -0.4 is 10.0 Å². The van der Waals surface area contributed by atoms with Gasteiger partial charge in [0.05, 0.1) is 5.25 Å². The molecule has 0 aromatic heterocycles. The quantitative estimate of drug-likeness (QED) is 0.640. The lowest BCUT2D eigenvalue weighted by Gasteiger charge is -2.19. The highest BCUT2D eigenvalue weighted by Crippen LogP contribution is 2.29. The van der Waals surface area contributed by atoms with Crippen molar-refractivity contribution in [2.45, 2.75) is 56.9 Å². The number of nitrogens with one attached hydrogen (secondary N) is 2. The van der Waals surface area contributed by atoms with Crippen LogP contribution in [0.3, 0.4) is 0 Å². The maximum atomic E-state index is 12.2. The van der Waals surface area contributed by atoms with Crippen LogP contribution in [-0.2, 0) is 10.0 Å². The van der Waals surface area contributed by atoms with Crippen LogP contribution in [0, 0.1) is 0 Å². The molecule has 2 atom stereocenters. The molecule has 2 unspecified atom stereocenters.